The molecule has 0 aliphatic heterocycles. The van der Waals surface area contributed by atoms with Gasteiger partial charge in [-0.3, -0.25) is 4.79 Å². The van der Waals surface area contributed by atoms with E-state index in [1.165, 1.54) is 12.1 Å². The van der Waals surface area contributed by atoms with Gasteiger partial charge in [0, 0.05) is 0 Å². The summed E-state index contributed by atoms with van der Waals surface area (Å²) in [5, 5.41) is 3.17. The second-order valence-corrected chi connectivity index (χ2v) is 5.75. The van der Waals surface area contributed by atoms with E-state index < -0.39 is 11.7 Å². The summed E-state index contributed by atoms with van der Waals surface area (Å²) in [6, 6.07) is 7.82. The molecular weight excluding hydrogens is 368 g/mol. The number of nitrogens with one attached hydrogen (secondary N) is 1. The third kappa shape index (κ3) is 2.97. The zero-order valence-corrected chi connectivity index (χ0v) is 13.4. The molecule has 0 saturated heterocycles. The molecule has 0 radical (unpaired) electrons. The molecule has 2 rings (SSSR count). The molecule has 0 spiro atoms. The number of benzene rings is 2. The topological polar surface area (TPSA) is 29.1 Å². The molecule has 2 aromatic carbocycles. The van der Waals surface area contributed by atoms with E-state index in [1.54, 1.807) is 25.1 Å². The van der Waals surface area contributed by atoms with Crippen molar-refractivity contribution in [3.63, 3.8) is 0 Å². The van der Waals surface area contributed by atoms with Crippen LogP contribution in [-0.4, -0.2) is 5.91 Å². The van der Waals surface area contributed by atoms with Crippen LogP contribution in [-0.2, 0) is 0 Å². The molecule has 0 aliphatic rings. The summed E-state index contributed by atoms with van der Waals surface area (Å²) in [6.45, 7) is 1.79. The van der Waals surface area contributed by atoms with Gasteiger partial charge in [-0.05, 0) is 46.6 Å². The van der Waals surface area contributed by atoms with Gasteiger partial charge in [0.2, 0.25) is 0 Å². The molecule has 0 atom stereocenters. The molecule has 0 aliphatic carbocycles. The highest BCUT2D eigenvalue weighted by Crippen LogP contribution is 2.33. The Labute approximate surface area is 134 Å². The van der Waals surface area contributed by atoms with E-state index in [0.717, 1.165) is 5.56 Å². The van der Waals surface area contributed by atoms with Gasteiger partial charge in [0.15, 0.2) is 0 Å². The van der Waals surface area contributed by atoms with Gasteiger partial charge in [-0.2, -0.15) is 0 Å². The largest absolute Gasteiger partial charge is 0.319 e. The first-order chi connectivity index (χ1) is 9.41. The fourth-order valence-corrected chi connectivity index (χ4v) is 2.46. The molecule has 1 amide bonds. The van der Waals surface area contributed by atoms with Crippen LogP contribution < -0.4 is 5.32 Å². The van der Waals surface area contributed by atoms with Gasteiger partial charge < -0.3 is 5.32 Å². The maximum atomic E-state index is 13.9. The number of halogens is 4. The Morgan fingerprint density at radius 1 is 1.25 bits per heavy atom. The van der Waals surface area contributed by atoms with Crippen molar-refractivity contribution in [1.82, 2.24) is 0 Å². The first kappa shape index (κ1) is 15.3. The van der Waals surface area contributed by atoms with Gasteiger partial charge in [-0.15, -0.1) is 0 Å². The smallest absolute Gasteiger partial charge is 0.258 e. The minimum absolute atomic E-state index is 0.0898. The predicted molar refractivity (Wildman–Crippen MR) is 83.3 cm³/mol. The number of carbonyl (C=O) groups excluding carboxylic acids is 1. The van der Waals surface area contributed by atoms with Gasteiger partial charge >= 0.3 is 0 Å². The molecule has 0 fully saturated rings. The molecule has 1 N–H and O–H groups in total. The van der Waals surface area contributed by atoms with E-state index >= 15 is 0 Å². The molecule has 6 heteroatoms. The summed E-state index contributed by atoms with van der Waals surface area (Å²) in [4.78, 5) is 12.1. The SMILES string of the molecule is Cc1ccc(Cl)c(NC(=O)c2cccc(Br)c2F)c1Cl. The van der Waals surface area contributed by atoms with Crippen LogP contribution in [0.15, 0.2) is 34.8 Å². The second-order valence-electron chi connectivity index (χ2n) is 4.11. The minimum Gasteiger partial charge on any atom is -0.319 e. The minimum atomic E-state index is -0.634. The van der Waals surface area contributed by atoms with Crippen molar-refractivity contribution in [2.75, 3.05) is 5.32 Å². The second kappa shape index (κ2) is 6.12. The maximum Gasteiger partial charge on any atom is 0.258 e. The van der Waals surface area contributed by atoms with E-state index in [2.05, 4.69) is 21.2 Å². The zero-order valence-electron chi connectivity index (χ0n) is 10.3. The standard InChI is InChI=1S/C14H9BrCl2FNO/c1-7-5-6-10(16)13(11(7)17)19-14(20)8-3-2-4-9(15)12(8)18/h2-6H,1H3,(H,19,20). The van der Waals surface area contributed by atoms with Crippen LogP contribution >= 0.6 is 39.1 Å². The lowest BCUT2D eigenvalue weighted by atomic mass is 10.1. The Bertz CT molecular complexity index is 691. The maximum absolute atomic E-state index is 13.9. The summed E-state index contributed by atoms with van der Waals surface area (Å²) in [7, 11) is 0. The van der Waals surface area contributed by atoms with Crippen molar-refractivity contribution in [3.8, 4) is 0 Å². The first-order valence-electron chi connectivity index (χ1n) is 5.61. The molecular formula is C14H9BrCl2FNO. The highest BCUT2D eigenvalue weighted by Gasteiger charge is 2.17. The summed E-state index contributed by atoms with van der Waals surface area (Å²) in [5.74, 6) is -1.25. The summed E-state index contributed by atoms with van der Waals surface area (Å²) < 4.78 is 14.1. The summed E-state index contributed by atoms with van der Waals surface area (Å²) in [5.41, 5.74) is 0.951. The average molecular weight is 377 g/mol. The number of aryl methyl sites for hydroxylation is 1. The quantitative estimate of drug-likeness (QED) is 0.741. The lowest BCUT2D eigenvalue weighted by Gasteiger charge is -2.11. The number of rotatable bonds is 2. The normalized spacial score (nSPS) is 10.4. The van der Waals surface area contributed by atoms with Crippen LogP contribution in [0.1, 0.15) is 15.9 Å². The van der Waals surface area contributed by atoms with Gasteiger partial charge in [-0.25, -0.2) is 4.39 Å². The average Bonchev–Trinajstić information content (AvgIpc) is 2.42. The van der Waals surface area contributed by atoms with Gasteiger partial charge in [0.05, 0.1) is 25.8 Å². The van der Waals surface area contributed by atoms with Gasteiger partial charge in [0.25, 0.3) is 5.91 Å². The first-order valence-corrected chi connectivity index (χ1v) is 7.16. The lowest BCUT2D eigenvalue weighted by molar-refractivity contribution is 0.102. The van der Waals surface area contributed by atoms with Gasteiger partial charge in [-0.1, -0.05) is 35.3 Å². The molecule has 104 valence electrons. The Hall–Kier alpha value is -1.10. The van der Waals surface area contributed by atoms with Crippen LogP contribution in [0.5, 0.6) is 0 Å². The third-order valence-electron chi connectivity index (χ3n) is 2.72. The molecule has 2 nitrogen and oxygen atoms in total. The fourth-order valence-electron chi connectivity index (χ4n) is 1.63. The van der Waals surface area contributed by atoms with Crippen molar-refractivity contribution < 1.29 is 9.18 Å². The van der Waals surface area contributed by atoms with Crippen LogP contribution in [0, 0.1) is 12.7 Å². The van der Waals surface area contributed by atoms with E-state index in [4.69, 9.17) is 23.2 Å². The molecule has 20 heavy (non-hydrogen) atoms. The molecule has 2 aromatic rings. The number of hydrogen-bond donors (Lipinski definition) is 1. The highest BCUT2D eigenvalue weighted by atomic mass is 79.9. The highest BCUT2D eigenvalue weighted by molar-refractivity contribution is 9.10. The van der Waals surface area contributed by atoms with E-state index in [9.17, 15) is 9.18 Å². The van der Waals surface area contributed by atoms with Crippen molar-refractivity contribution in [2.24, 2.45) is 0 Å². The van der Waals surface area contributed by atoms with Gasteiger partial charge in [0.1, 0.15) is 5.82 Å². The Kier molecular flexibility index (Phi) is 4.68. The summed E-state index contributed by atoms with van der Waals surface area (Å²) >= 11 is 15.1. The predicted octanol–water partition coefficient (Wildman–Crippen LogP) is 5.46. The Morgan fingerprint density at radius 3 is 2.65 bits per heavy atom. The van der Waals surface area contributed by atoms with Crippen molar-refractivity contribution in [3.05, 3.63) is 61.8 Å². The molecule has 0 unspecified atom stereocenters. The monoisotopic (exact) mass is 375 g/mol. The van der Waals surface area contributed by atoms with Crippen LogP contribution in [0.2, 0.25) is 10.0 Å². The van der Waals surface area contributed by atoms with Crippen molar-refractivity contribution >= 4 is 50.7 Å². The molecule has 0 saturated carbocycles. The number of carbonyl (C=O) groups is 1. The zero-order chi connectivity index (χ0) is 14.9. The van der Waals surface area contributed by atoms with Crippen LogP contribution in [0.25, 0.3) is 0 Å². The molecule has 0 aromatic heterocycles. The Balaban J connectivity index is 2.38. The number of amides is 1. The van der Waals surface area contributed by atoms with Crippen molar-refractivity contribution in [1.29, 1.82) is 0 Å². The van der Waals surface area contributed by atoms with E-state index in [0.29, 0.717) is 10.0 Å². The van der Waals surface area contributed by atoms with Crippen LogP contribution in [0.4, 0.5) is 10.1 Å². The number of hydrogen-bond acceptors (Lipinski definition) is 1. The third-order valence-corrected chi connectivity index (χ3v) is 4.13. The Morgan fingerprint density at radius 2 is 1.95 bits per heavy atom. The van der Waals surface area contributed by atoms with Crippen LogP contribution in [0.3, 0.4) is 0 Å². The van der Waals surface area contributed by atoms with E-state index in [-0.39, 0.29) is 15.7 Å². The fraction of sp³-hybridized carbons (Fsp3) is 0.0714. The number of anilines is 1. The van der Waals surface area contributed by atoms with Crippen molar-refractivity contribution in [2.45, 2.75) is 6.92 Å². The molecule has 0 bridgehead atoms. The lowest BCUT2D eigenvalue weighted by Crippen LogP contribution is -2.14. The summed E-state index contributed by atoms with van der Waals surface area (Å²) in [6.07, 6.45) is 0. The van der Waals surface area contributed by atoms with E-state index in [1.807, 2.05) is 0 Å². The molecule has 0 heterocycles.